The Labute approximate surface area is 192 Å². The largest absolute Gasteiger partial charge is 0.344 e. The van der Waals surface area contributed by atoms with Gasteiger partial charge in [-0.25, -0.2) is 0 Å². The molecule has 0 atom stereocenters. The zero-order chi connectivity index (χ0) is 21.8. The summed E-state index contributed by atoms with van der Waals surface area (Å²) in [6.07, 6.45) is 2.05. The second-order valence-corrected chi connectivity index (χ2v) is 8.21. The van der Waals surface area contributed by atoms with Crippen molar-refractivity contribution in [3.05, 3.63) is 131 Å². The van der Waals surface area contributed by atoms with Gasteiger partial charge in [0.15, 0.2) is 0 Å². The summed E-state index contributed by atoms with van der Waals surface area (Å²) in [7, 11) is 0. The highest BCUT2D eigenvalue weighted by molar-refractivity contribution is 5.23. The van der Waals surface area contributed by atoms with Crippen molar-refractivity contribution in [2.24, 2.45) is 0 Å². The van der Waals surface area contributed by atoms with Crippen LogP contribution >= 0.6 is 0 Å². The first-order valence-electron chi connectivity index (χ1n) is 11.6. The number of nitrogens with zero attached hydrogens (tertiary/aromatic N) is 1. The fourth-order valence-corrected chi connectivity index (χ4v) is 4.05. The number of rotatable bonds is 12. The molecule has 0 aliphatic heterocycles. The Kier molecular flexibility index (Phi) is 8.30. The molecule has 3 aromatic carbocycles. The minimum Gasteiger partial charge on any atom is -0.344 e. The molecule has 1 aromatic heterocycles. The standard InChI is InChI=1S/C29H33N3/c1-4-10-25(11-5-1)22-30-20-18-28-16-17-29(32(28)24-27-14-8-3-9-15-27)19-21-31-23-26-12-6-2-7-13-26/h1-17,30-31H,18-24H2. The number of benzene rings is 3. The van der Waals surface area contributed by atoms with Gasteiger partial charge in [-0.3, -0.25) is 0 Å². The Morgan fingerprint density at radius 2 is 0.875 bits per heavy atom. The Hall–Kier alpha value is -3.14. The van der Waals surface area contributed by atoms with Gasteiger partial charge in [-0.15, -0.1) is 0 Å². The smallest absolute Gasteiger partial charge is 0.0475 e. The molecule has 0 aliphatic carbocycles. The lowest BCUT2D eigenvalue weighted by molar-refractivity contribution is 0.621. The molecule has 0 aliphatic rings. The molecular weight excluding hydrogens is 390 g/mol. The third kappa shape index (κ3) is 6.68. The van der Waals surface area contributed by atoms with E-state index in [1.165, 1.54) is 28.1 Å². The zero-order valence-corrected chi connectivity index (χ0v) is 18.7. The van der Waals surface area contributed by atoms with Crippen LogP contribution in [0.5, 0.6) is 0 Å². The summed E-state index contributed by atoms with van der Waals surface area (Å²) in [4.78, 5) is 0. The maximum Gasteiger partial charge on any atom is 0.0475 e. The van der Waals surface area contributed by atoms with Gasteiger partial charge in [0, 0.05) is 57.0 Å². The van der Waals surface area contributed by atoms with Crippen LogP contribution in [-0.4, -0.2) is 17.7 Å². The third-order valence-corrected chi connectivity index (χ3v) is 5.80. The number of hydrogen-bond donors (Lipinski definition) is 2. The van der Waals surface area contributed by atoms with Gasteiger partial charge in [0.1, 0.15) is 0 Å². The third-order valence-electron chi connectivity index (χ3n) is 5.80. The van der Waals surface area contributed by atoms with Crippen LogP contribution in [0.25, 0.3) is 0 Å². The molecule has 3 nitrogen and oxygen atoms in total. The van der Waals surface area contributed by atoms with Crippen molar-refractivity contribution < 1.29 is 0 Å². The Morgan fingerprint density at radius 3 is 1.31 bits per heavy atom. The Bertz CT molecular complexity index is 975. The quantitative estimate of drug-likeness (QED) is 0.307. The SMILES string of the molecule is c1ccc(CNCCc2ccc(CCNCc3ccccc3)n2Cc2ccccc2)cc1. The predicted molar refractivity (Wildman–Crippen MR) is 134 cm³/mol. The number of nitrogens with one attached hydrogen (secondary N) is 2. The Balaban J connectivity index is 1.35. The van der Waals surface area contributed by atoms with Gasteiger partial charge in [0.2, 0.25) is 0 Å². The topological polar surface area (TPSA) is 29.0 Å². The van der Waals surface area contributed by atoms with Crippen LogP contribution in [0.3, 0.4) is 0 Å². The lowest BCUT2D eigenvalue weighted by Gasteiger charge is -2.15. The Morgan fingerprint density at radius 1 is 0.469 bits per heavy atom. The van der Waals surface area contributed by atoms with Crippen molar-refractivity contribution in [3.8, 4) is 0 Å². The molecule has 0 spiro atoms. The van der Waals surface area contributed by atoms with Gasteiger partial charge in [-0.05, 0) is 28.8 Å². The van der Waals surface area contributed by atoms with Crippen LogP contribution in [0.4, 0.5) is 0 Å². The van der Waals surface area contributed by atoms with E-state index in [0.29, 0.717) is 0 Å². The highest BCUT2D eigenvalue weighted by atomic mass is 15.0. The van der Waals surface area contributed by atoms with Crippen LogP contribution in [0.1, 0.15) is 28.1 Å². The summed E-state index contributed by atoms with van der Waals surface area (Å²) in [5.41, 5.74) is 6.80. The predicted octanol–water partition coefficient (Wildman–Crippen LogP) is 5.20. The van der Waals surface area contributed by atoms with Crippen LogP contribution in [0, 0.1) is 0 Å². The van der Waals surface area contributed by atoms with Gasteiger partial charge in [0.05, 0.1) is 0 Å². The van der Waals surface area contributed by atoms with Crippen molar-refractivity contribution >= 4 is 0 Å². The van der Waals surface area contributed by atoms with Crippen molar-refractivity contribution in [1.82, 2.24) is 15.2 Å². The molecule has 0 saturated heterocycles. The van der Waals surface area contributed by atoms with Crippen LogP contribution in [0.2, 0.25) is 0 Å². The minimum absolute atomic E-state index is 0.913. The van der Waals surface area contributed by atoms with Crippen molar-refractivity contribution in [3.63, 3.8) is 0 Å². The average molecular weight is 424 g/mol. The lowest BCUT2D eigenvalue weighted by Crippen LogP contribution is -2.20. The number of hydrogen-bond acceptors (Lipinski definition) is 2. The maximum absolute atomic E-state index is 3.60. The van der Waals surface area contributed by atoms with Gasteiger partial charge >= 0.3 is 0 Å². The van der Waals surface area contributed by atoms with Crippen molar-refractivity contribution in [2.45, 2.75) is 32.5 Å². The van der Waals surface area contributed by atoms with Gasteiger partial charge < -0.3 is 15.2 Å². The van der Waals surface area contributed by atoms with Crippen molar-refractivity contribution in [2.75, 3.05) is 13.1 Å². The second-order valence-electron chi connectivity index (χ2n) is 8.21. The van der Waals surface area contributed by atoms with E-state index < -0.39 is 0 Å². The van der Waals surface area contributed by atoms with E-state index in [-0.39, 0.29) is 0 Å². The molecule has 0 amide bonds. The van der Waals surface area contributed by atoms with Gasteiger partial charge in [-0.2, -0.15) is 0 Å². The van der Waals surface area contributed by atoms with E-state index in [2.05, 4.69) is 118 Å². The molecule has 32 heavy (non-hydrogen) atoms. The summed E-state index contributed by atoms with van der Waals surface area (Å²) in [5, 5.41) is 7.19. The second kappa shape index (κ2) is 12.0. The molecule has 164 valence electrons. The summed E-state index contributed by atoms with van der Waals surface area (Å²) in [5.74, 6) is 0. The van der Waals surface area contributed by atoms with E-state index >= 15 is 0 Å². The lowest BCUT2D eigenvalue weighted by atomic mass is 10.2. The summed E-state index contributed by atoms with van der Waals surface area (Å²) < 4.78 is 2.50. The summed E-state index contributed by atoms with van der Waals surface area (Å²) in [6.45, 7) is 4.70. The molecule has 4 rings (SSSR count). The molecule has 0 radical (unpaired) electrons. The molecule has 2 N–H and O–H groups in total. The van der Waals surface area contributed by atoms with Crippen molar-refractivity contribution in [1.29, 1.82) is 0 Å². The fraction of sp³-hybridized carbons (Fsp3) is 0.241. The van der Waals surface area contributed by atoms with Gasteiger partial charge in [-0.1, -0.05) is 91.0 Å². The van der Waals surface area contributed by atoms with E-state index in [4.69, 9.17) is 0 Å². The minimum atomic E-state index is 0.913. The van der Waals surface area contributed by atoms with E-state index in [1.807, 2.05) is 0 Å². The molecule has 3 heteroatoms. The highest BCUT2D eigenvalue weighted by Crippen LogP contribution is 2.14. The molecular formula is C29H33N3. The average Bonchev–Trinajstić information content (AvgIpc) is 3.22. The van der Waals surface area contributed by atoms with E-state index in [1.54, 1.807) is 0 Å². The normalized spacial score (nSPS) is 11.0. The maximum atomic E-state index is 3.60. The molecule has 0 saturated carbocycles. The molecule has 0 bridgehead atoms. The van der Waals surface area contributed by atoms with Crippen LogP contribution in [-0.2, 0) is 32.5 Å². The first-order valence-corrected chi connectivity index (χ1v) is 11.6. The monoisotopic (exact) mass is 423 g/mol. The molecule has 4 aromatic rings. The first kappa shape index (κ1) is 22.1. The van der Waals surface area contributed by atoms with E-state index in [9.17, 15) is 0 Å². The highest BCUT2D eigenvalue weighted by Gasteiger charge is 2.09. The first-order chi connectivity index (χ1) is 15.9. The van der Waals surface area contributed by atoms with Crippen LogP contribution in [0.15, 0.2) is 103 Å². The number of aromatic nitrogens is 1. The van der Waals surface area contributed by atoms with Gasteiger partial charge in [0.25, 0.3) is 0 Å². The molecule has 1 heterocycles. The van der Waals surface area contributed by atoms with Crippen LogP contribution < -0.4 is 10.6 Å². The fourth-order valence-electron chi connectivity index (χ4n) is 4.05. The summed E-state index contributed by atoms with van der Waals surface area (Å²) >= 11 is 0. The summed E-state index contributed by atoms with van der Waals surface area (Å²) in [6, 6.07) is 36.6. The zero-order valence-electron chi connectivity index (χ0n) is 18.7. The molecule has 0 fully saturated rings. The molecule has 0 unspecified atom stereocenters. The van der Waals surface area contributed by atoms with E-state index in [0.717, 1.165) is 45.6 Å².